The summed E-state index contributed by atoms with van der Waals surface area (Å²) in [5, 5.41) is 0. The van der Waals surface area contributed by atoms with E-state index in [4.69, 9.17) is 10.5 Å². The van der Waals surface area contributed by atoms with E-state index in [2.05, 4.69) is 36.8 Å². The van der Waals surface area contributed by atoms with E-state index in [0.29, 0.717) is 25.9 Å². The number of nitrogens with zero attached hydrogens (tertiary/aromatic N) is 1. The summed E-state index contributed by atoms with van der Waals surface area (Å²) >= 11 is 6.79. The highest BCUT2D eigenvalue weighted by Gasteiger charge is 2.11. The fourth-order valence-corrected chi connectivity index (χ4v) is 2.63. The van der Waals surface area contributed by atoms with Crippen LogP contribution in [-0.4, -0.2) is 23.6 Å². The van der Waals surface area contributed by atoms with Crippen LogP contribution in [0.1, 0.15) is 25.5 Å². The summed E-state index contributed by atoms with van der Waals surface area (Å²) in [7, 11) is 0. The van der Waals surface area contributed by atoms with E-state index in [1.54, 1.807) is 13.1 Å². The standard InChI is InChI=1S/C12H16Br2N2O2/c1-2-18-12(17)4-3-9(15)6-11-10(14)5-8(13)7-16-11/h5,7,9H,2-4,6,15H2,1H3. The van der Waals surface area contributed by atoms with Crippen LogP contribution >= 0.6 is 31.9 Å². The molecule has 100 valence electrons. The monoisotopic (exact) mass is 378 g/mol. The molecule has 0 bridgehead atoms. The Bertz CT molecular complexity index is 413. The smallest absolute Gasteiger partial charge is 0.305 e. The number of carbonyl (C=O) groups excluding carboxylic acids is 1. The molecule has 1 unspecified atom stereocenters. The Labute approximate surface area is 124 Å². The maximum Gasteiger partial charge on any atom is 0.305 e. The SMILES string of the molecule is CCOC(=O)CCC(N)Cc1ncc(Br)cc1Br. The molecule has 0 amide bonds. The highest BCUT2D eigenvalue weighted by Crippen LogP contribution is 2.20. The van der Waals surface area contributed by atoms with Gasteiger partial charge in [0.2, 0.25) is 0 Å². The van der Waals surface area contributed by atoms with Crippen molar-refractivity contribution in [1.82, 2.24) is 4.98 Å². The van der Waals surface area contributed by atoms with E-state index in [1.807, 2.05) is 6.07 Å². The maximum absolute atomic E-state index is 11.2. The molecule has 0 fully saturated rings. The first-order chi connectivity index (χ1) is 8.52. The fraction of sp³-hybridized carbons (Fsp3) is 0.500. The molecule has 4 nitrogen and oxygen atoms in total. The van der Waals surface area contributed by atoms with Gasteiger partial charge in [0.1, 0.15) is 0 Å². The third-order valence-electron chi connectivity index (χ3n) is 2.36. The Morgan fingerprint density at radius 1 is 1.56 bits per heavy atom. The Morgan fingerprint density at radius 2 is 2.28 bits per heavy atom. The molecular formula is C12H16Br2N2O2. The van der Waals surface area contributed by atoms with Crippen molar-refractivity contribution >= 4 is 37.8 Å². The molecule has 0 aliphatic carbocycles. The highest BCUT2D eigenvalue weighted by atomic mass is 79.9. The van der Waals surface area contributed by atoms with Crippen molar-refractivity contribution < 1.29 is 9.53 Å². The van der Waals surface area contributed by atoms with Crippen LogP contribution in [0.4, 0.5) is 0 Å². The summed E-state index contributed by atoms with van der Waals surface area (Å²) in [4.78, 5) is 15.5. The summed E-state index contributed by atoms with van der Waals surface area (Å²) in [6.45, 7) is 2.20. The Hall–Kier alpha value is -0.460. The van der Waals surface area contributed by atoms with Crippen LogP contribution in [0.3, 0.4) is 0 Å². The largest absolute Gasteiger partial charge is 0.466 e. The quantitative estimate of drug-likeness (QED) is 0.772. The molecule has 0 aliphatic heterocycles. The number of pyridine rings is 1. The lowest BCUT2D eigenvalue weighted by molar-refractivity contribution is -0.143. The van der Waals surface area contributed by atoms with Gasteiger partial charge in [0.25, 0.3) is 0 Å². The Balaban J connectivity index is 2.44. The molecule has 18 heavy (non-hydrogen) atoms. The van der Waals surface area contributed by atoms with E-state index >= 15 is 0 Å². The van der Waals surface area contributed by atoms with Crippen molar-refractivity contribution in [2.24, 2.45) is 5.73 Å². The number of nitrogens with two attached hydrogens (primary N) is 1. The first-order valence-corrected chi connectivity index (χ1v) is 7.32. The summed E-state index contributed by atoms with van der Waals surface area (Å²) < 4.78 is 6.69. The van der Waals surface area contributed by atoms with Gasteiger partial charge in [-0.25, -0.2) is 0 Å². The van der Waals surface area contributed by atoms with Gasteiger partial charge in [-0.1, -0.05) is 0 Å². The average molecular weight is 380 g/mol. The van der Waals surface area contributed by atoms with Gasteiger partial charge in [0.15, 0.2) is 0 Å². The van der Waals surface area contributed by atoms with Crippen molar-refractivity contribution in [3.8, 4) is 0 Å². The van der Waals surface area contributed by atoms with Gasteiger partial charge in [-0.2, -0.15) is 0 Å². The lowest BCUT2D eigenvalue weighted by atomic mass is 10.1. The van der Waals surface area contributed by atoms with Crippen LogP contribution < -0.4 is 5.73 Å². The van der Waals surface area contributed by atoms with E-state index in [-0.39, 0.29) is 12.0 Å². The van der Waals surface area contributed by atoms with Gasteiger partial charge < -0.3 is 10.5 Å². The number of hydrogen-bond donors (Lipinski definition) is 1. The first kappa shape index (κ1) is 15.6. The van der Waals surface area contributed by atoms with Crippen molar-refractivity contribution in [2.75, 3.05) is 6.61 Å². The van der Waals surface area contributed by atoms with Crippen LogP contribution in [0.15, 0.2) is 21.2 Å². The maximum atomic E-state index is 11.2. The Morgan fingerprint density at radius 3 is 2.89 bits per heavy atom. The zero-order valence-electron chi connectivity index (χ0n) is 10.2. The van der Waals surface area contributed by atoms with Gasteiger partial charge in [0, 0.05) is 34.0 Å². The summed E-state index contributed by atoms with van der Waals surface area (Å²) in [5.74, 6) is -0.198. The summed E-state index contributed by atoms with van der Waals surface area (Å²) in [5.41, 5.74) is 6.87. The van der Waals surface area contributed by atoms with Gasteiger partial charge in [0.05, 0.1) is 12.3 Å². The molecule has 0 aromatic carbocycles. The number of carbonyl (C=O) groups is 1. The molecule has 0 radical (unpaired) electrons. The summed E-state index contributed by atoms with van der Waals surface area (Å²) in [6, 6.07) is 1.83. The normalized spacial score (nSPS) is 12.2. The number of hydrogen-bond acceptors (Lipinski definition) is 4. The molecule has 1 aromatic rings. The summed E-state index contributed by atoms with van der Waals surface area (Å²) in [6.07, 6.45) is 3.32. The van der Waals surface area contributed by atoms with Gasteiger partial charge in [-0.15, -0.1) is 0 Å². The molecule has 0 saturated carbocycles. The molecule has 6 heteroatoms. The predicted octanol–water partition coefficient (Wildman–Crippen LogP) is 2.82. The van der Waals surface area contributed by atoms with E-state index < -0.39 is 0 Å². The second-order valence-corrected chi connectivity index (χ2v) is 5.66. The van der Waals surface area contributed by atoms with Crippen LogP contribution in [0.25, 0.3) is 0 Å². The minimum absolute atomic E-state index is 0.0978. The van der Waals surface area contributed by atoms with Crippen LogP contribution in [0, 0.1) is 0 Å². The predicted molar refractivity (Wildman–Crippen MR) is 77.2 cm³/mol. The van der Waals surface area contributed by atoms with Gasteiger partial charge in [-0.3, -0.25) is 9.78 Å². The third kappa shape index (κ3) is 5.46. The average Bonchev–Trinajstić information content (AvgIpc) is 2.31. The van der Waals surface area contributed by atoms with Crippen LogP contribution in [0.2, 0.25) is 0 Å². The van der Waals surface area contributed by atoms with Gasteiger partial charge in [-0.05, 0) is 51.3 Å². The number of aromatic nitrogens is 1. The lowest BCUT2D eigenvalue weighted by Crippen LogP contribution is -2.25. The van der Waals surface area contributed by atoms with Gasteiger partial charge >= 0.3 is 5.97 Å². The topological polar surface area (TPSA) is 65.2 Å². The Kier molecular flexibility index (Phi) is 6.81. The molecule has 2 N–H and O–H groups in total. The number of esters is 1. The molecule has 1 heterocycles. The molecule has 1 rings (SSSR count). The van der Waals surface area contributed by atoms with Crippen LogP contribution in [0.5, 0.6) is 0 Å². The number of ether oxygens (including phenoxy) is 1. The zero-order chi connectivity index (χ0) is 13.5. The molecule has 0 spiro atoms. The fourth-order valence-electron chi connectivity index (χ4n) is 1.48. The second kappa shape index (κ2) is 7.86. The molecule has 1 aromatic heterocycles. The van der Waals surface area contributed by atoms with Crippen molar-refractivity contribution in [3.05, 3.63) is 26.9 Å². The molecule has 0 aliphatic rings. The lowest BCUT2D eigenvalue weighted by Gasteiger charge is -2.11. The second-order valence-electron chi connectivity index (χ2n) is 3.89. The first-order valence-electron chi connectivity index (χ1n) is 5.74. The minimum atomic E-state index is -0.198. The number of halogens is 2. The van der Waals surface area contributed by atoms with E-state index in [1.165, 1.54) is 0 Å². The van der Waals surface area contributed by atoms with Crippen LogP contribution in [-0.2, 0) is 16.0 Å². The highest BCUT2D eigenvalue weighted by molar-refractivity contribution is 9.11. The molecule has 0 saturated heterocycles. The van der Waals surface area contributed by atoms with Crippen molar-refractivity contribution in [1.29, 1.82) is 0 Å². The van der Waals surface area contributed by atoms with E-state index in [9.17, 15) is 4.79 Å². The zero-order valence-corrected chi connectivity index (χ0v) is 13.3. The molecule has 1 atom stereocenters. The van der Waals surface area contributed by atoms with Crippen molar-refractivity contribution in [2.45, 2.75) is 32.2 Å². The number of rotatable bonds is 6. The van der Waals surface area contributed by atoms with E-state index in [0.717, 1.165) is 14.6 Å². The molecular weight excluding hydrogens is 364 g/mol. The minimum Gasteiger partial charge on any atom is -0.466 e. The van der Waals surface area contributed by atoms with Crippen molar-refractivity contribution in [3.63, 3.8) is 0 Å². The third-order valence-corrected chi connectivity index (χ3v) is 3.48.